The maximum absolute atomic E-state index is 13.4. The molecule has 5 rings (SSSR count). The second kappa shape index (κ2) is 8.16. The van der Waals surface area contributed by atoms with E-state index in [4.69, 9.17) is 9.72 Å². The van der Waals surface area contributed by atoms with Crippen LogP contribution in [0.5, 0.6) is 0 Å². The average Bonchev–Trinajstić information content (AvgIpc) is 2.95. The molecule has 0 radical (unpaired) electrons. The molecule has 31 heavy (non-hydrogen) atoms. The lowest BCUT2D eigenvalue weighted by atomic mass is 10.1. The van der Waals surface area contributed by atoms with Crippen molar-refractivity contribution in [1.82, 2.24) is 14.5 Å². The summed E-state index contributed by atoms with van der Waals surface area (Å²) in [6, 6.07) is 6.19. The van der Waals surface area contributed by atoms with Crippen LogP contribution in [0.1, 0.15) is 52.0 Å². The molecule has 1 aromatic carbocycles. The molecule has 0 bridgehead atoms. The molecule has 2 aliphatic heterocycles. The van der Waals surface area contributed by atoms with Gasteiger partial charge in [-0.15, -0.1) is 11.3 Å². The van der Waals surface area contributed by atoms with Crippen molar-refractivity contribution in [2.45, 2.75) is 45.3 Å². The molecule has 1 saturated heterocycles. The molecule has 2 aliphatic rings. The van der Waals surface area contributed by atoms with E-state index in [0.717, 1.165) is 37.1 Å². The van der Waals surface area contributed by atoms with E-state index in [-0.39, 0.29) is 23.4 Å². The summed E-state index contributed by atoms with van der Waals surface area (Å²) in [6.45, 7) is 3.82. The third-order valence-electron chi connectivity index (χ3n) is 6.20. The highest BCUT2D eigenvalue weighted by atomic mass is 32.1. The Labute approximate surface area is 183 Å². The molecule has 1 unspecified atom stereocenters. The first-order valence-corrected chi connectivity index (χ1v) is 11.5. The number of halogens is 1. The van der Waals surface area contributed by atoms with E-state index in [1.165, 1.54) is 23.5 Å². The highest BCUT2D eigenvalue weighted by Gasteiger charge is 2.30. The lowest BCUT2D eigenvalue weighted by Crippen LogP contribution is -2.42. The predicted octanol–water partition coefficient (Wildman–Crippen LogP) is 3.85. The third kappa shape index (κ3) is 3.68. The van der Waals surface area contributed by atoms with E-state index < -0.39 is 0 Å². The zero-order valence-corrected chi connectivity index (χ0v) is 18.2. The molecule has 1 fully saturated rings. The van der Waals surface area contributed by atoms with Crippen LogP contribution in [-0.4, -0.2) is 40.1 Å². The standard InChI is InChI=1S/C23H24FN3O3S/c1-14-19-21(25-18-5-3-2-4-10-27(18)22(19)28)31-20(14)23(29)26-11-12-30-17(13-26)15-6-8-16(24)9-7-15/h6-9,17H,2-5,10-13H2,1H3. The summed E-state index contributed by atoms with van der Waals surface area (Å²) < 4.78 is 20.9. The van der Waals surface area contributed by atoms with Crippen molar-refractivity contribution in [3.63, 3.8) is 0 Å². The number of fused-ring (bicyclic) bond motifs is 2. The molecule has 0 spiro atoms. The number of benzene rings is 1. The molecular formula is C23H24FN3O3S. The first-order valence-electron chi connectivity index (χ1n) is 10.7. The number of aryl methyl sites for hydroxylation is 2. The fraction of sp³-hybridized carbons (Fsp3) is 0.435. The van der Waals surface area contributed by atoms with Crippen molar-refractivity contribution in [3.05, 3.63) is 62.3 Å². The van der Waals surface area contributed by atoms with E-state index in [9.17, 15) is 14.0 Å². The van der Waals surface area contributed by atoms with Crippen LogP contribution in [0.3, 0.4) is 0 Å². The Morgan fingerprint density at radius 3 is 2.81 bits per heavy atom. The maximum Gasteiger partial charge on any atom is 0.264 e. The summed E-state index contributed by atoms with van der Waals surface area (Å²) in [5.74, 6) is 0.430. The monoisotopic (exact) mass is 441 g/mol. The molecule has 2 aromatic heterocycles. The van der Waals surface area contributed by atoms with Gasteiger partial charge in [0.15, 0.2) is 0 Å². The van der Waals surface area contributed by atoms with Crippen molar-refractivity contribution in [2.75, 3.05) is 19.7 Å². The summed E-state index contributed by atoms with van der Waals surface area (Å²) in [7, 11) is 0. The number of ether oxygens (including phenoxy) is 1. The average molecular weight is 442 g/mol. The molecule has 162 valence electrons. The smallest absolute Gasteiger partial charge is 0.264 e. The largest absolute Gasteiger partial charge is 0.370 e. The van der Waals surface area contributed by atoms with Crippen LogP contribution in [0.25, 0.3) is 10.2 Å². The van der Waals surface area contributed by atoms with E-state index in [0.29, 0.717) is 46.9 Å². The molecule has 3 aromatic rings. The number of rotatable bonds is 2. The van der Waals surface area contributed by atoms with E-state index >= 15 is 0 Å². The zero-order valence-electron chi connectivity index (χ0n) is 17.4. The number of hydrogen-bond donors (Lipinski definition) is 0. The van der Waals surface area contributed by atoms with Gasteiger partial charge in [-0.25, -0.2) is 9.37 Å². The Bertz CT molecular complexity index is 1200. The zero-order chi connectivity index (χ0) is 21.5. The SMILES string of the molecule is Cc1c(C(=O)N2CCOC(c3ccc(F)cc3)C2)sc2nc3n(c(=O)c12)CCCCC3. The summed E-state index contributed by atoms with van der Waals surface area (Å²) >= 11 is 1.31. The van der Waals surface area contributed by atoms with Gasteiger partial charge in [-0.05, 0) is 43.0 Å². The Morgan fingerprint density at radius 2 is 2.00 bits per heavy atom. The molecule has 8 heteroatoms. The van der Waals surface area contributed by atoms with Gasteiger partial charge in [-0.2, -0.15) is 0 Å². The van der Waals surface area contributed by atoms with Gasteiger partial charge in [0.1, 0.15) is 22.6 Å². The molecule has 0 saturated carbocycles. The number of aromatic nitrogens is 2. The number of thiophene rings is 1. The molecule has 0 N–H and O–H groups in total. The number of carbonyl (C=O) groups excluding carboxylic acids is 1. The van der Waals surface area contributed by atoms with Crippen molar-refractivity contribution in [1.29, 1.82) is 0 Å². The number of hydrogen-bond acceptors (Lipinski definition) is 5. The van der Waals surface area contributed by atoms with Crippen LogP contribution in [0.2, 0.25) is 0 Å². The summed E-state index contributed by atoms with van der Waals surface area (Å²) in [5, 5.41) is 0.572. The molecule has 4 heterocycles. The highest BCUT2D eigenvalue weighted by molar-refractivity contribution is 7.20. The van der Waals surface area contributed by atoms with Crippen molar-refractivity contribution in [2.24, 2.45) is 0 Å². The van der Waals surface area contributed by atoms with Crippen molar-refractivity contribution < 1.29 is 13.9 Å². The fourth-order valence-electron chi connectivity index (χ4n) is 4.47. The first kappa shape index (κ1) is 20.3. The molecule has 0 aliphatic carbocycles. The van der Waals surface area contributed by atoms with Crippen molar-refractivity contribution >= 4 is 27.5 Å². The van der Waals surface area contributed by atoms with Gasteiger partial charge in [0.05, 0.1) is 23.4 Å². The molecular weight excluding hydrogens is 417 g/mol. The quantitative estimate of drug-likeness (QED) is 0.606. The topological polar surface area (TPSA) is 64.4 Å². The van der Waals surface area contributed by atoms with Gasteiger partial charge < -0.3 is 9.64 Å². The second-order valence-electron chi connectivity index (χ2n) is 8.19. The Balaban J connectivity index is 1.47. The number of nitrogens with zero attached hydrogens (tertiary/aromatic N) is 3. The summed E-state index contributed by atoms with van der Waals surface area (Å²) in [5.41, 5.74) is 1.53. The van der Waals surface area contributed by atoms with Crippen LogP contribution in [0.15, 0.2) is 29.1 Å². The molecule has 1 atom stereocenters. The predicted molar refractivity (Wildman–Crippen MR) is 117 cm³/mol. The van der Waals surface area contributed by atoms with Gasteiger partial charge in [0, 0.05) is 19.5 Å². The van der Waals surface area contributed by atoms with Crippen LogP contribution >= 0.6 is 11.3 Å². The lowest BCUT2D eigenvalue weighted by Gasteiger charge is -2.33. The van der Waals surface area contributed by atoms with Gasteiger partial charge >= 0.3 is 0 Å². The van der Waals surface area contributed by atoms with Gasteiger partial charge in [-0.1, -0.05) is 18.6 Å². The van der Waals surface area contributed by atoms with Gasteiger partial charge in [0.25, 0.3) is 11.5 Å². The Kier molecular flexibility index (Phi) is 5.35. The number of carbonyl (C=O) groups is 1. The minimum Gasteiger partial charge on any atom is -0.370 e. The second-order valence-corrected chi connectivity index (χ2v) is 9.19. The van der Waals surface area contributed by atoms with Crippen LogP contribution in [-0.2, 0) is 17.7 Å². The number of amides is 1. The minimum absolute atomic E-state index is 0.0270. The third-order valence-corrected chi connectivity index (χ3v) is 7.37. The van der Waals surface area contributed by atoms with E-state index in [1.807, 2.05) is 6.92 Å². The van der Waals surface area contributed by atoms with Crippen LogP contribution in [0.4, 0.5) is 4.39 Å². The summed E-state index contributed by atoms with van der Waals surface area (Å²) in [4.78, 5) is 34.3. The maximum atomic E-state index is 13.4. The minimum atomic E-state index is -0.300. The fourth-order valence-corrected chi connectivity index (χ4v) is 5.63. The lowest BCUT2D eigenvalue weighted by molar-refractivity contribution is -0.0227. The van der Waals surface area contributed by atoms with Gasteiger partial charge in [-0.3, -0.25) is 14.2 Å². The van der Waals surface area contributed by atoms with E-state index in [2.05, 4.69) is 0 Å². The molecule has 1 amide bonds. The van der Waals surface area contributed by atoms with Gasteiger partial charge in [0.2, 0.25) is 0 Å². The molecule has 6 nitrogen and oxygen atoms in total. The Morgan fingerprint density at radius 1 is 1.19 bits per heavy atom. The van der Waals surface area contributed by atoms with Crippen molar-refractivity contribution in [3.8, 4) is 0 Å². The van der Waals surface area contributed by atoms with Crippen LogP contribution in [0, 0.1) is 12.7 Å². The van der Waals surface area contributed by atoms with E-state index in [1.54, 1.807) is 21.6 Å². The summed E-state index contributed by atoms with van der Waals surface area (Å²) in [6.07, 6.45) is 3.62. The Hall–Kier alpha value is -2.58. The normalized spacial score (nSPS) is 19.3. The van der Waals surface area contributed by atoms with Crippen LogP contribution < -0.4 is 5.56 Å². The first-order chi connectivity index (χ1) is 15.0. The number of morpholine rings is 1. The highest BCUT2D eigenvalue weighted by Crippen LogP contribution is 2.31.